The van der Waals surface area contributed by atoms with Gasteiger partial charge < -0.3 is 19.9 Å². The van der Waals surface area contributed by atoms with Crippen LogP contribution in [0.3, 0.4) is 0 Å². The second-order valence-electron chi connectivity index (χ2n) is 10.3. The first-order valence-corrected chi connectivity index (χ1v) is 13.4. The van der Waals surface area contributed by atoms with Gasteiger partial charge in [-0.25, -0.2) is 9.97 Å². The number of para-hydroxylation sites is 1. The van der Waals surface area contributed by atoms with Crippen molar-refractivity contribution in [3.63, 3.8) is 0 Å². The van der Waals surface area contributed by atoms with Crippen LogP contribution in [0.1, 0.15) is 37.4 Å². The molecule has 3 heterocycles. The maximum atomic E-state index is 13.2. The van der Waals surface area contributed by atoms with Gasteiger partial charge in [0.15, 0.2) is 0 Å². The number of fused-ring (bicyclic) bond motifs is 1. The van der Waals surface area contributed by atoms with E-state index in [2.05, 4.69) is 27.5 Å². The number of nitrogens with two attached hydrogens (primary N) is 1. The number of nitriles is 1. The summed E-state index contributed by atoms with van der Waals surface area (Å²) in [6.07, 6.45) is 7.19. The molecule has 1 aliphatic carbocycles. The second-order valence-corrected chi connectivity index (χ2v) is 10.3. The summed E-state index contributed by atoms with van der Waals surface area (Å²) in [5, 5.41) is 10.4. The first-order valence-electron chi connectivity index (χ1n) is 13.4. The van der Waals surface area contributed by atoms with E-state index >= 15 is 0 Å². The summed E-state index contributed by atoms with van der Waals surface area (Å²) >= 11 is 0. The molecule has 1 unspecified atom stereocenters. The Morgan fingerprint density at radius 3 is 2.54 bits per heavy atom. The molecule has 39 heavy (non-hydrogen) atoms. The highest BCUT2D eigenvalue weighted by Gasteiger charge is 2.31. The van der Waals surface area contributed by atoms with Crippen molar-refractivity contribution in [2.24, 2.45) is 5.92 Å². The maximum Gasteiger partial charge on any atom is 0.264 e. The topological polar surface area (TPSA) is 110 Å². The summed E-state index contributed by atoms with van der Waals surface area (Å²) in [5.74, 6) is 2.13. The normalized spacial score (nSPS) is 17.7. The third kappa shape index (κ3) is 4.84. The highest BCUT2D eigenvalue weighted by atomic mass is 16.5. The van der Waals surface area contributed by atoms with Gasteiger partial charge in [0, 0.05) is 24.3 Å². The minimum Gasteiger partial charge on any atom is -0.457 e. The van der Waals surface area contributed by atoms with Gasteiger partial charge in [0.05, 0.1) is 11.4 Å². The number of anilines is 1. The zero-order chi connectivity index (χ0) is 26.9. The highest BCUT2D eigenvalue weighted by molar-refractivity contribution is 6.02. The summed E-state index contributed by atoms with van der Waals surface area (Å²) in [7, 11) is 0. The van der Waals surface area contributed by atoms with Crippen molar-refractivity contribution in [3.8, 4) is 28.7 Å². The van der Waals surface area contributed by atoms with Gasteiger partial charge in [0.1, 0.15) is 40.9 Å². The average molecular weight is 519 g/mol. The number of amides is 1. The first kappa shape index (κ1) is 24.7. The molecule has 1 atom stereocenters. The van der Waals surface area contributed by atoms with Crippen LogP contribution in [-0.4, -0.2) is 38.4 Å². The van der Waals surface area contributed by atoms with E-state index in [1.807, 2.05) is 65.6 Å². The Balaban J connectivity index is 1.34. The third-order valence-electron chi connectivity index (χ3n) is 7.60. The summed E-state index contributed by atoms with van der Waals surface area (Å²) in [6, 6.07) is 19.8. The van der Waals surface area contributed by atoms with Crippen molar-refractivity contribution in [3.05, 3.63) is 78.3 Å². The van der Waals surface area contributed by atoms with Gasteiger partial charge in [-0.15, -0.1) is 0 Å². The number of nitrogen functional groups attached to an aromatic ring is 1. The quantitative estimate of drug-likeness (QED) is 0.255. The van der Waals surface area contributed by atoms with Crippen LogP contribution in [0.15, 0.2) is 72.6 Å². The van der Waals surface area contributed by atoms with Crippen LogP contribution in [0.4, 0.5) is 5.82 Å². The highest BCUT2D eigenvalue weighted by Crippen LogP contribution is 2.40. The minimum absolute atomic E-state index is 0.00908. The van der Waals surface area contributed by atoms with Crippen LogP contribution < -0.4 is 10.5 Å². The smallest absolute Gasteiger partial charge is 0.264 e. The van der Waals surface area contributed by atoms with Gasteiger partial charge in [-0.2, -0.15) is 5.26 Å². The van der Waals surface area contributed by atoms with Gasteiger partial charge in [-0.3, -0.25) is 4.79 Å². The molecule has 2 aromatic heterocycles. The number of hydrogen-bond donors (Lipinski definition) is 1. The number of aromatic nitrogens is 3. The first-order chi connectivity index (χ1) is 19.0. The molecule has 0 spiro atoms. The fourth-order valence-electron chi connectivity index (χ4n) is 5.56. The monoisotopic (exact) mass is 518 g/mol. The second kappa shape index (κ2) is 10.3. The van der Waals surface area contributed by atoms with Crippen LogP contribution in [0.25, 0.3) is 22.2 Å². The Bertz CT molecular complexity index is 1600. The Hall–Kier alpha value is -4.64. The molecule has 2 aliphatic rings. The van der Waals surface area contributed by atoms with Crippen LogP contribution >= 0.6 is 0 Å². The van der Waals surface area contributed by atoms with E-state index in [1.54, 1.807) is 0 Å². The van der Waals surface area contributed by atoms with Gasteiger partial charge >= 0.3 is 0 Å². The molecule has 196 valence electrons. The fraction of sp³-hybridized carbons (Fsp3) is 0.290. The Morgan fingerprint density at radius 1 is 1.08 bits per heavy atom. The number of nitrogens with zero attached hydrogens (tertiary/aromatic N) is 5. The number of carbonyl (C=O) groups excluding carboxylic acids is 1. The molecule has 4 aromatic rings. The number of likely N-dealkylation sites (tertiary alicyclic amines) is 1. The predicted molar refractivity (Wildman–Crippen MR) is 150 cm³/mol. The summed E-state index contributed by atoms with van der Waals surface area (Å²) in [5.41, 5.74) is 10.4. The maximum absolute atomic E-state index is 13.2. The lowest BCUT2D eigenvalue weighted by Crippen LogP contribution is -2.41. The van der Waals surface area contributed by atoms with Crippen LogP contribution in [-0.2, 0) is 4.79 Å². The summed E-state index contributed by atoms with van der Waals surface area (Å²) in [4.78, 5) is 24.0. The SMILES string of the molecule is Cc1c(-c2ccc(Oc3ccccc3)cc2)c2c(N)ncnc2n1C1CCCN(C(=O)C(C#N)=CC2CC2)C1. The van der Waals surface area contributed by atoms with E-state index in [4.69, 9.17) is 10.5 Å². The Labute approximate surface area is 227 Å². The van der Waals surface area contributed by atoms with E-state index in [9.17, 15) is 10.1 Å². The Kier molecular flexibility index (Phi) is 6.49. The van der Waals surface area contributed by atoms with Crippen molar-refractivity contribution in [2.75, 3.05) is 18.8 Å². The van der Waals surface area contributed by atoms with Crippen LogP contribution in [0, 0.1) is 24.2 Å². The number of benzene rings is 2. The minimum atomic E-state index is -0.174. The fourth-order valence-corrected chi connectivity index (χ4v) is 5.56. The van der Waals surface area contributed by atoms with E-state index in [-0.39, 0.29) is 17.5 Å². The molecule has 2 fully saturated rings. The number of ether oxygens (including phenoxy) is 1. The van der Waals surface area contributed by atoms with Crippen molar-refractivity contribution < 1.29 is 9.53 Å². The number of hydrogen-bond acceptors (Lipinski definition) is 6. The van der Waals surface area contributed by atoms with Crippen molar-refractivity contribution in [2.45, 2.75) is 38.6 Å². The predicted octanol–water partition coefficient (Wildman–Crippen LogP) is 5.80. The molecule has 8 heteroatoms. The molecule has 1 saturated carbocycles. The van der Waals surface area contributed by atoms with Crippen molar-refractivity contribution in [1.29, 1.82) is 5.26 Å². The molecular weight excluding hydrogens is 488 g/mol. The molecule has 1 saturated heterocycles. The lowest BCUT2D eigenvalue weighted by molar-refractivity contribution is -0.128. The van der Waals surface area contributed by atoms with Crippen LogP contribution in [0.5, 0.6) is 11.5 Å². The summed E-state index contributed by atoms with van der Waals surface area (Å²) < 4.78 is 8.18. The Morgan fingerprint density at radius 2 is 1.82 bits per heavy atom. The number of carbonyl (C=O) groups is 1. The standard InChI is InChI=1S/C31H30N6O2/c1-20-27(22-11-13-26(14-12-22)39-25-7-3-2-4-8-25)28-29(33)34-19-35-30(28)37(20)24-6-5-15-36(18-24)31(38)23(17-32)16-21-9-10-21/h2-4,7-8,11-14,16,19,21,24H,5-6,9-10,15,18H2,1H3,(H2,33,34,35). The third-order valence-corrected chi connectivity index (χ3v) is 7.60. The van der Waals surface area contributed by atoms with Gasteiger partial charge in [-0.05, 0) is 68.4 Å². The molecule has 0 bridgehead atoms. The summed E-state index contributed by atoms with van der Waals surface area (Å²) in [6.45, 7) is 3.23. The zero-order valence-corrected chi connectivity index (χ0v) is 21.9. The molecule has 1 amide bonds. The molecule has 2 N–H and O–H groups in total. The molecule has 6 rings (SSSR count). The number of rotatable bonds is 6. The van der Waals surface area contributed by atoms with E-state index in [0.717, 1.165) is 65.0 Å². The lowest BCUT2D eigenvalue weighted by atomic mass is 10.0. The van der Waals surface area contributed by atoms with Crippen LogP contribution in [0.2, 0.25) is 0 Å². The molecule has 2 aromatic carbocycles. The molecule has 8 nitrogen and oxygen atoms in total. The molecule has 1 aliphatic heterocycles. The number of piperidine rings is 1. The lowest BCUT2D eigenvalue weighted by Gasteiger charge is -2.34. The van der Waals surface area contributed by atoms with E-state index in [1.165, 1.54) is 6.33 Å². The van der Waals surface area contributed by atoms with Crippen molar-refractivity contribution >= 4 is 22.8 Å². The van der Waals surface area contributed by atoms with E-state index < -0.39 is 0 Å². The van der Waals surface area contributed by atoms with Gasteiger partial charge in [-0.1, -0.05) is 36.4 Å². The van der Waals surface area contributed by atoms with Gasteiger partial charge in [0.25, 0.3) is 5.91 Å². The largest absolute Gasteiger partial charge is 0.457 e. The molecule has 0 radical (unpaired) electrons. The van der Waals surface area contributed by atoms with Gasteiger partial charge in [0.2, 0.25) is 0 Å². The van der Waals surface area contributed by atoms with E-state index in [0.29, 0.717) is 24.8 Å². The number of allylic oxidation sites excluding steroid dienone is 1. The average Bonchev–Trinajstić information content (AvgIpc) is 3.73. The zero-order valence-electron chi connectivity index (χ0n) is 21.9. The molecular formula is C31H30N6O2. The van der Waals surface area contributed by atoms with Crippen molar-refractivity contribution in [1.82, 2.24) is 19.4 Å².